The molecular formula is C10H16N4OS. The molecule has 1 atom stereocenters. The molecule has 0 radical (unpaired) electrons. The number of rotatable bonds is 3. The van der Waals surface area contributed by atoms with Gasteiger partial charge in [-0.25, -0.2) is 0 Å². The van der Waals surface area contributed by atoms with Crippen LogP contribution >= 0.6 is 11.8 Å². The summed E-state index contributed by atoms with van der Waals surface area (Å²) in [5.41, 5.74) is 0.768. The third kappa shape index (κ3) is 2.76. The first-order valence-electron chi connectivity index (χ1n) is 5.44. The minimum Gasteiger partial charge on any atom is -0.322 e. The maximum atomic E-state index is 11.8. The highest BCUT2D eigenvalue weighted by atomic mass is 32.2. The number of hydrogen-bond acceptors (Lipinski definition) is 4. The van der Waals surface area contributed by atoms with Crippen LogP contribution in [-0.2, 0) is 11.3 Å². The van der Waals surface area contributed by atoms with Gasteiger partial charge < -0.3 is 10.6 Å². The van der Waals surface area contributed by atoms with Crippen molar-refractivity contribution in [2.75, 3.05) is 23.4 Å². The lowest BCUT2D eigenvalue weighted by atomic mass is 10.3. The summed E-state index contributed by atoms with van der Waals surface area (Å²) >= 11 is 1.81. The zero-order chi connectivity index (χ0) is 11.4. The van der Waals surface area contributed by atoms with E-state index >= 15 is 0 Å². The smallest absolute Gasteiger partial charge is 0.242 e. The minimum absolute atomic E-state index is 0.0304. The third-order valence-electron chi connectivity index (χ3n) is 2.46. The summed E-state index contributed by atoms with van der Waals surface area (Å²) in [4.78, 5) is 11.8. The maximum absolute atomic E-state index is 11.8. The van der Waals surface area contributed by atoms with Gasteiger partial charge >= 0.3 is 0 Å². The molecule has 88 valence electrons. The molecule has 2 rings (SSSR count). The Bertz CT molecular complexity index is 359. The zero-order valence-corrected chi connectivity index (χ0v) is 10.1. The predicted octanol–water partition coefficient (Wildman–Crippen LogP) is 0.546. The van der Waals surface area contributed by atoms with Crippen molar-refractivity contribution < 1.29 is 4.79 Å². The van der Waals surface area contributed by atoms with Crippen molar-refractivity contribution in [3.05, 3.63) is 12.4 Å². The molecule has 0 aliphatic carbocycles. The van der Waals surface area contributed by atoms with Crippen molar-refractivity contribution >= 4 is 23.4 Å². The molecule has 0 bridgehead atoms. The fourth-order valence-electron chi connectivity index (χ4n) is 1.56. The van der Waals surface area contributed by atoms with E-state index < -0.39 is 0 Å². The first-order valence-corrected chi connectivity index (χ1v) is 6.59. The third-order valence-corrected chi connectivity index (χ3v) is 3.52. The number of anilines is 1. The number of amides is 1. The van der Waals surface area contributed by atoms with Crippen LogP contribution in [0.5, 0.6) is 0 Å². The molecule has 0 aromatic carbocycles. The quantitative estimate of drug-likeness (QED) is 0.810. The highest BCUT2D eigenvalue weighted by molar-refractivity contribution is 7.99. The van der Waals surface area contributed by atoms with Gasteiger partial charge in [0.1, 0.15) is 0 Å². The second-order valence-corrected chi connectivity index (χ2v) is 4.81. The number of aryl methyl sites for hydroxylation is 1. The predicted molar refractivity (Wildman–Crippen MR) is 65.6 cm³/mol. The number of thioether (sulfide) groups is 1. The van der Waals surface area contributed by atoms with E-state index in [0.717, 1.165) is 30.3 Å². The van der Waals surface area contributed by atoms with E-state index in [1.807, 2.05) is 24.9 Å². The normalized spacial score (nSPS) is 20.7. The molecule has 1 fully saturated rings. The van der Waals surface area contributed by atoms with Gasteiger partial charge in [0, 0.05) is 30.8 Å². The van der Waals surface area contributed by atoms with Gasteiger partial charge in [-0.1, -0.05) is 0 Å². The van der Waals surface area contributed by atoms with Gasteiger partial charge in [0.2, 0.25) is 5.91 Å². The average Bonchev–Trinajstić information content (AvgIpc) is 2.78. The molecule has 1 amide bonds. The van der Waals surface area contributed by atoms with E-state index in [0.29, 0.717) is 0 Å². The molecule has 1 aromatic rings. The topological polar surface area (TPSA) is 59.0 Å². The van der Waals surface area contributed by atoms with Crippen molar-refractivity contribution in [1.82, 2.24) is 15.1 Å². The van der Waals surface area contributed by atoms with Crippen molar-refractivity contribution in [3.63, 3.8) is 0 Å². The molecule has 6 heteroatoms. The number of nitrogens with one attached hydrogen (secondary N) is 2. The number of hydrogen-bond donors (Lipinski definition) is 2. The summed E-state index contributed by atoms with van der Waals surface area (Å²) in [6, 6.07) is -0.0799. The van der Waals surface area contributed by atoms with Crippen LogP contribution in [0, 0.1) is 0 Å². The molecule has 1 aliphatic heterocycles. The van der Waals surface area contributed by atoms with E-state index in [-0.39, 0.29) is 11.9 Å². The molecule has 16 heavy (non-hydrogen) atoms. The second kappa shape index (κ2) is 5.36. The highest BCUT2D eigenvalue weighted by Gasteiger charge is 2.20. The SMILES string of the molecule is CCn1cc(NC(=O)C2CSCCN2)cn1. The van der Waals surface area contributed by atoms with Crippen LogP contribution < -0.4 is 10.6 Å². The Kier molecular flexibility index (Phi) is 3.84. The van der Waals surface area contributed by atoms with Gasteiger partial charge in [0.25, 0.3) is 0 Å². The first kappa shape index (κ1) is 11.5. The molecule has 1 unspecified atom stereocenters. The Morgan fingerprint density at radius 2 is 2.69 bits per heavy atom. The van der Waals surface area contributed by atoms with Crippen LogP contribution in [0.25, 0.3) is 0 Å². The Labute approximate surface area is 99.0 Å². The summed E-state index contributed by atoms with van der Waals surface area (Å²) in [6.07, 6.45) is 3.52. The largest absolute Gasteiger partial charge is 0.322 e. The van der Waals surface area contributed by atoms with E-state index in [2.05, 4.69) is 15.7 Å². The fraction of sp³-hybridized carbons (Fsp3) is 0.600. The highest BCUT2D eigenvalue weighted by Crippen LogP contribution is 2.10. The number of carbonyl (C=O) groups excluding carboxylic acids is 1. The summed E-state index contributed by atoms with van der Waals surface area (Å²) in [5.74, 6) is 1.95. The van der Waals surface area contributed by atoms with Crippen molar-refractivity contribution in [2.45, 2.75) is 19.5 Å². The standard InChI is InChI=1S/C10H16N4OS/c1-2-14-6-8(5-12-14)13-10(15)9-7-16-4-3-11-9/h5-6,9,11H,2-4,7H2,1H3,(H,13,15). The molecule has 1 aromatic heterocycles. The molecule has 1 aliphatic rings. The van der Waals surface area contributed by atoms with Gasteiger partial charge in [-0.15, -0.1) is 0 Å². The minimum atomic E-state index is -0.0799. The average molecular weight is 240 g/mol. The maximum Gasteiger partial charge on any atom is 0.242 e. The fourth-order valence-corrected chi connectivity index (χ4v) is 2.50. The molecule has 2 heterocycles. The summed E-state index contributed by atoms with van der Waals surface area (Å²) in [7, 11) is 0. The van der Waals surface area contributed by atoms with Gasteiger partial charge in [-0.2, -0.15) is 16.9 Å². The lowest BCUT2D eigenvalue weighted by Gasteiger charge is -2.21. The Morgan fingerprint density at radius 3 is 3.31 bits per heavy atom. The van der Waals surface area contributed by atoms with E-state index in [4.69, 9.17) is 0 Å². The van der Waals surface area contributed by atoms with Crippen LogP contribution in [0.2, 0.25) is 0 Å². The Morgan fingerprint density at radius 1 is 1.81 bits per heavy atom. The summed E-state index contributed by atoms with van der Waals surface area (Å²) in [5, 5.41) is 10.2. The van der Waals surface area contributed by atoms with Crippen LogP contribution in [0.1, 0.15) is 6.92 Å². The Hall–Kier alpha value is -1.01. The van der Waals surface area contributed by atoms with E-state index in [1.165, 1.54) is 0 Å². The second-order valence-electron chi connectivity index (χ2n) is 3.66. The number of nitrogens with zero attached hydrogens (tertiary/aromatic N) is 2. The summed E-state index contributed by atoms with van der Waals surface area (Å²) in [6.45, 7) is 3.72. The van der Waals surface area contributed by atoms with E-state index in [1.54, 1.807) is 10.9 Å². The first-order chi connectivity index (χ1) is 7.79. The van der Waals surface area contributed by atoms with Crippen molar-refractivity contribution in [1.29, 1.82) is 0 Å². The van der Waals surface area contributed by atoms with E-state index in [9.17, 15) is 4.79 Å². The number of carbonyl (C=O) groups is 1. The van der Waals surface area contributed by atoms with Crippen LogP contribution in [0.3, 0.4) is 0 Å². The van der Waals surface area contributed by atoms with Gasteiger partial charge in [0.15, 0.2) is 0 Å². The number of aromatic nitrogens is 2. The molecule has 2 N–H and O–H groups in total. The van der Waals surface area contributed by atoms with Crippen LogP contribution in [0.15, 0.2) is 12.4 Å². The van der Waals surface area contributed by atoms with Gasteiger partial charge in [-0.3, -0.25) is 9.48 Å². The summed E-state index contributed by atoms with van der Waals surface area (Å²) < 4.78 is 1.79. The van der Waals surface area contributed by atoms with Gasteiger partial charge in [-0.05, 0) is 6.92 Å². The van der Waals surface area contributed by atoms with Crippen LogP contribution in [-0.4, -0.2) is 39.8 Å². The molecule has 1 saturated heterocycles. The van der Waals surface area contributed by atoms with Crippen molar-refractivity contribution in [3.8, 4) is 0 Å². The Balaban J connectivity index is 1.90. The van der Waals surface area contributed by atoms with Gasteiger partial charge in [0.05, 0.1) is 17.9 Å². The van der Waals surface area contributed by atoms with Crippen molar-refractivity contribution in [2.24, 2.45) is 0 Å². The molecular weight excluding hydrogens is 224 g/mol. The molecule has 5 nitrogen and oxygen atoms in total. The lowest BCUT2D eigenvalue weighted by molar-refractivity contribution is -0.117. The lowest BCUT2D eigenvalue weighted by Crippen LogP contribution is -2.46. The van der Waals surface area contributed by atoms with Crippen LogP contribution in [0.4, 0.5) is 5.69 Å². The monoisotopic (exact) mass is 240 g/mol. The molecule has 0 spiro atoms. The molecule has 0 saturated carbocycles. The zero-order valence-electron chi connectivity index (χ0n) is 9.27.